The van der Waals surface area contributed by atoms with Crippen LogP contribution in [-0.4, -0.2) is 17.7 Å². The lowest BCUT2D eigenvalue weighted by atomic mass is 9.82. The van der Waals surface area contributed by atoms with E-state index in [0.717, 1.165) is 5.57 Å². The highest BCUT2D eigenvalue weighted by molar-refractivity contribution is 6.37. The van der Waals surface area contributed by atoms with Crippen LogP contribution in [0.15, 0.2) is 54.1 Å². The first-order valence-electron chi connectivity index (χ1n) is 9.25. The number of allylic oxidation sites excluding steroid dienone is 2. The Hall–Kier alpha value is -2.63. The number of para-hydroxylation sites is 1. The minimum absolute atomic E-state index is 0.226. The van der Waals surface area contributed by atoms with Gasteiger partial charge >= 0.3 is 0 Å². The number of hydrogen-bond donors (Lipinski definition) is 1. The van der Waals surface area contributed by atoms with Crippen LogP contribution in [0.2, 0.25) is 10.0 Å². The monoisotopic (exact) mass is 428 g/mol. The maximum Gasteiger partial charge on any atom is 0.257 e. The van der Waals surface area contributed by atoms with Gasteiger partial charge in [-0.15, -0.1) is 0 Å². The van der Waals surface area contributed by atoms with Gasteiger partial charge in [0.2, 0.25) is 11.8 Å². The van der Waals surface area contributed by atoms with E-state index in [-0.39, 0.29) is 34.9 Å². The molecule has 5 nitrogen and oxygen atoms in total. The molecule has 1 aliphatic carbocycles. The van der Waals surface area contributed by atoms with Crippen LogP contribution in [0, 0.1) is 11.8 Å². The van der Waals surface area contributed by atoms with Crippen molar-refractivity contribution in [2.45, 2.75) is 19.8 Å². The number of carbonyl (C=O) groups excluding carboxylic acids is 3. The molecule has 0 aromatic heterocycles. The molecule has 1 aliphatic heterocycles. The van der Waals surface area contributed by atoms with Gasteiger partial charge in [0.1, 0.15) is 0 Å². The predicted molar refractivity (Wildman–Crippen MR) is 113 cm³/mol. The molecule has 1 saturated heterocycles. The molecule has 0 radical (unpaired) electrons. The van der Waals surface area contributed by atoms with Gasteiger partial charge in [-0.25, -0.2) is 4.90 Å². The van der Waals surface area contributed by atoms with Gasteiger partial charge in [0.25, 0.3) is 5.91 Å². The van der Waals surface area contributed by atoms with Crippen LogP contribution in [0.25, 0.3) is 0 Å². The number of anilines is 2. The molecule has 2 aromatic rings. The molecule has 0 saturated carbocycles. The number of imide groups is 1. The van der Waals surface area contributed by atoms with E-state index in [2.05, 4.69) is 5.32 Å². The highest BCUT2D eigenvalue weighted by Gasteiger charge is 2.49. The minimum atomic E-state index is -0.463. The third-order valence-electron chi connectivity index (χ3n) is 5.39. The van der Waals surface area contributed by atoms with Crippen LogP contribution in [0.4, 0.5) is 11.4 Å². The Kier molecular flexibility index (Phi) is 5.19. The molecule has 1 heterocycles. The standard InChI is InChI=1S/C22H18Cl2N2O3/c1-12-6-8-14-16(10-12)22(29)26(21(14)28)19-5-3-2-4-15(19)20(27)25-18-9-7-13(23)11-17(18)24/h2-7,9,11,14,16H,8,10H2,1H3,(H,25,27)/t14-,16-/m1/s1. The van der Waals surface area contributed by atoms with Crippen molar-refractivity contribution in [3.8, 4) is 0 Å². The fourth-order valence-corrected chi connectivity index (χ4v) is 4.37. The van der Waals surface area contributed by atoms with Crippen molar-refractivity contribution < 1.29 is 14.4 Å². The van der Waals surface area contributed by atoms with Crippen molar-refractivity contribution in [2.75, 3.05) is 10.2 Å². The fraction of sp³-hybridized carbons (Fsp3) is 0.227. The van der Waals surface area contributed by atoms with Gasteiger partial charge in [0, 0.05) is 5.02 Å². The Bertz CT molecular complexity index is 1060. The van der Waals surface area contributed by atoms with Crippen LogP contribution < -0.4 is 10.2 Å². The summed E-state index contributed by atoms with van der Waals surface area (Å²) in [7, 11) is 0. The smallest absolute Gasteiger partial charge is 0.257 e. The molecule has 148 valence electrons. The van der Waals surface area contributed by atoms with Gasteiger partial charge < -0.3 is 5.32 Å². The van der Waals surface area contributed by atoms with E-state index in [1.165, 1.54) is 11.0 Å². The average Bonchev–Trinajstić information content (AvgIpc) is 2.94. The Morgan fingerprint density at radius 1 is 1.07 bits per heavy atom. The van der Waals surface area contributed by atoms with E-state index in [1.807, 2.05) is 13.0 Å². The SMILES string of the molecule is CC1=CC[C@H]2C(=O)N(c3ccccc3C(=O)Nc3ccc(Cl)cc3Cl)C(=O)[C@@H]2C1. The molecule has 1 N–H and O–H groups in total. The van der Waals surface area contributed by atoms with Gasteiger partial charge in [-0.05, 0) is 50.1 Å². The summed E-state index contributed by atoms with van der Waals surface area (Å²) in [6, 6.07) is 11.3. The second kappa shape index (κ2) is 7.65. The van der Waals surface area contributed by atoms with Crippen molar-refractivity contribution in [3.63, 3.8) is 0 Å². The molecule has 3 amide bonds. The average molecular weight is 429 g/mol. The second-order valence-electron chi connectivity index (χ2n) is 7.31. The lowest BCUT2D eigenvalue weighted by molar-refractivity contribution is -0.122. The zero-order valence-electron chi connectivity index (χ0n) is 15.6. The minimum Gasteiger partial charge on any atom is -0.321 e. The highest BCUT2D eigenvalue weighted by Crippen LogP contribution is 2.40. The highest BCUT2D eigenvalue weighted by atomic mass is 35.5. The first-order chi connectivity index (χ1) is 13.9. The molecule has 2 aromatic carbocycles. The van der Waals surface area contributed by atoms with Crippen LogP contribution >= 0.6 is 23.2 Å². The van der Waals surface area contributed by atoms with Gasteiger partial charge in [-0.1, -0.05) is 47.0 Å². The quantitative estimate of drug-likeness (QED) is 0.546. The van der Waals surface area contributed by atoms with E-state index in [1.54, 1.807) is 36.4 Å². The molecule has 4 rings (SSSR count). The van der Waals surface area contributed by atoms with Crippen LogP contribution in [0.5, 0.6) is 0 Å². The Morgan fingerprint density at radius 3 is 2.55 bits per heavy atom. The summed E-state index contributed by atoms with van der Waals surface area (Å²) in [4.78, 5) is 40.1. The number of amides is 3. The van der Waals surface area contributed by atoms with E-state index in [4.69, 9.17) is 23.2 Å². The number of carbonyl (C=O) groups is 3. The summed E-state index contributed by atoms with van der Waals surface area (Å²) < 4.78 is 0. The number of fused-ring (bicyclic) bond motifs is 1. The number of halogens is 2. The lowest BCUT2D eigenvalue weighted by Crippen LogP contribution is -2.33. The van der Waals surface area contributed by atoms with Gasteiger partial charge in [-0.3, -0.25) is 14.4 Å². The number of nitrogens with one attached hydrogen (secondary N) is 1. The molecule has 2 atom stereocenters. The normalized spacial score (nSPS) is 21.1. The Morgan fingerprint density at radius 2 is 1.79 bits per heavy atom. The number of nitrogens with zero attached hydrogens (tertiary/aromatic N) is 1. The number of benzene rings is 2. The molecule has 29 heavy (non-hydrogen) atoms. The van der Waals surface area contributed by atoms with Crippen molar-refractivity contribution in [1.82, 2.24) is 0 Å². The Balaban J connectivity index is 1.66. The topological polar surface area (TPSA) is 66.5 Å². The molecule has 0 bridgehead atoms. The maximum atomic E-state index is 13.0. The molecular weight excluding hydrogens is 411 g/mol. The zero-order chi connectivity index (χ0) is 20.7. The summed E-state index contributed by atoms with van der Waals surface area (Å²) in [6.45, 7) is 1.97. The first kappa shape index (κ1) is 19.7. The predicted octanol–water partition coefficient (Wildman–Crippen LogP) is 5.09. The summed E-state index contributed by atoms with van der Waals surface area (Å²) in [5.74, 6) is -1.71. The van der Waals surface area contributed by atoms with E-state index >= 15 is 0 Å². The molecule has 0 unspecified atom stereocenters. The number of hydrogen-bond acceptors (Lipinski definition) is 3. The fourth-order valence-electron chi connectivity index (χ4n) is 3.92. The third-order valence-corrected chi connectivity index (χ3v) is 5.94. The Labute approximate surface area is 178 Å². The lowest BCUT2D eigenvalue weighted by Gasteiger charge is -2.19. The zero-order valence-corrected chi connectivity index (χ0v) is 17.1. The molecule has 7 heteroatoms. The van der Waals surface area contributed by atoms with Gasteiger partial charge in [0.15, 0.2) is 0 Å². The molecular formula is C22H18Cl2N2O3. The van der Waals surface area contributed by atoms with E-state index in [9.17, 15) is 14.4 Å². The third kappa shape index (κ3) is 3.56. The summed E-state index contributed by atoms with van der Waals surface area (Å²) in [5.41, 5.74) is 2.02. The summed E-state index contributed by atoms with van der Waals surface area (Å²) >= 11 is 12.0. The van der Waals surface area contributed by atoms with Crippen molar-refractivity contribution in [2.24, 2.45) is 11.8 Å². The van der Waals surface area contributed by atoms with Crippen LogP contribution in [0.1, 0.15) is 30.1 Å². The first-order valence-corrected chi connectivity index (χ1v) is 10.0. The van der Waals surface area contributed by atoms with Crippen molar-refractivity contribution >= 4 is 52.3 Å². The number of rotatable bonds is 3. The van der Waals surface area contributed by atoms with Crippen molar-refractivity contribution in [1.29, 1.82) is 0 Å². The van der Waals surface area contributed by atoms with Crippen LogP contribution in [0.3, 0.4) is 0 Å². The second-order valence-corrected chi connectivity index (χ2v) is 8.15. The summed E-state index contributed by atoms with van der Waals surface area (Å²) in [5, 5.41) is 3.48. The molecule has 2 aliphatic rings. The van der Waals surface area contributed by atoms with E-state index in [0.29, 0.717) is 28.6 Å². The maximum absolute atomic E-state index is 13.0. The van der Waals surface area contributed by atoms with Gasteiger partial charge in [-0.2, -0.15) is 0 Å². The van der Waals surface area contributed by atoms with Crippen molar-refractivity contribution in [3.05, 3.63) is 69.7 Å². The van der Waals surface area contributed by atoms with E-state index < -0.39 is 5.91 Å². The molecule has 1 fully saturated rings. The largest absolute Gasteiger partial charge is 0.321 e. The van der Waals surface area contributed by atoms with Crippen LogP contribution in [-0.2, 0) is 9.59 Å². The van der Waals surface area contributed by atoms with Gasteiger partial charge in [0.05, 0.1) is 33.8 Å². The summed E-state index contributed by atoms with van der Waals surface area (Å²) in [6.07, 6.45) is 3.13. The molecule has 0 spiro atoms.